The molecule has 2 rings (SSSR count). The van der Waals surface area contributed by atoms with Gasteiger partial charge in [-0.2, -0.15) is 0 Å². The zero-order chi connectivity index (χ0) is 13.9. The molecule has 1 saturated heterocycles. The molecule has 1 fully saturated rings. The Morgan fingerprint density at radius 1 is 1.26 bits per heavy atom. The lowest BCUT2D eigenvalue weighted by molar-refractivity contribution is -0.121. The number of hydrogen-bond donors (Lipinski definition) is 2. The third-order valence-electron chi connectivity index (χ3n) is 2.93. The van der Waals surface area contributed by atoms with E-state index in [1.807, 2.05) is 0 Å². The average molecular weight is 347 g/mol. The molecule has 0 unspecified atom stereocenters. The first-order valence-electron chi connectivity index (χ1n) is 6.02. The van der Waals surface area contributed by atoms with Gasteiger partial charge in [0.1, 0.15) is 0 Å². The van der Waals surface area contributed by atoms with Crippen LogP contribution in [0.15, 0.2) is 33.6 Å². The number of hydrogen-bond acceptors (Lipinski definition) is 3. The van der Waals surface area contributed by atoms with Crippen LogP contribution in [0.5, 0.6) is 0 Å². The number of sulfonamides is 1. The third kappa shape index (κ3) is 4.02. The molecule has 1 aromatic rings. The first-order chi connectivity index (χ1) is 8.97. The monoisotopic (exact) mass is 346 g/mol. The minimum atomic E-state index is -3.57. The van der Waals surface area contributed by atoms with Gasteiger partial charge in [0.15, 0.2) is 0 Å². The molecule has 0 aromatic heterocycles. The Balaban J connectivity index is 2.12. The Hall–Kier alpha value is -0.920. The second-order valence-electron chi connectivity index (χ2n) is 4.47. The van der Waals surface area contributed by atoms with E-state index in [0.717, 1.165) is 10.9 Å². The van der Waals surface area contributed by atoms with Gasteiger partial charge in [-0.05, 0) is 37.1 Å². The summed E-state index contributed by atoms with van der Waals surface area (Å²) in [5.74, 6) is -0.110. The summed E-state index contributed by atoms with van der Waals surface area (Å²) in [5, 5.41) is 2.73. The van der Waals surface area contributed by atoms with Crippen LogP contribution in [0.4, 0.5) is 0 Å². The molecular formula is C12H15BrN2O3S. The van der Waals surface area contributed by atoms with Crippen LogP contribution in [0.25, 0.3) is 0 Å². The fraction of sp³-hybridized carbons (Fsp3) is 0.417. The first kappa shape index (κ1) is 14.5. The lowest BCUT2D eigenvalue weighted by Gasteiger charge is -2.15. The minimum absolute atomic E-state index is 0.110. The van der Waals surface area contributed by atoms with Crippen LogP contribution in [0.3, 0.4) is 0 Å². The summed E-state index contributed by atoms with van der Waals surface area (Å²) >= 11 is 3.26. The zero-order valence-corrected chi connectivity index (χ0v) is 12.6. The highest BCUT2D eigenvalue weighted by molar-refractivity contribution is 9.10. The second-order valence-corrected chi connectivity index (χ2v) is 7.10. The smallest absolute Gasteiger partial charge is 0.240 e. The number of rotatable bonds is 3. The Morgan fingerprint density at radius 3 is 2.63 bits per heavy atom. The van der Waals surface area contributed by atoms with Gasteiger partial charge >= 0.3 is 0 Å². The lowest BCUT2D eigenvalue weighted by atomic mass is 10.1. The Bertz CT molecular complexity index is 557. The summed E-state index contributed by atoms with van der Waals surface area (Å²) in [6.45, 7) is 0.606. The van der Waals surface area contributed by atoms with Gasteiger partial charge in [-0.25, -0.2) is 13.1 Å². The van der Waals surface area contributed by atoms with Gasteiger partial charge in [0, 0.05) is 23.5 Å². The topological polar surface area (TPSA) is 75.3 Å². The Kier molecular flexibility index (Phi) is 4.59. The van der Waals surface area contributed by atoms with Gasteiger partial charge in [0.25, 0.3) is 0 Å². The standard InChI is InChI=1S/C12H15BrN2O3S/c13-9-3-5-11(6-4-9)19(17,18)15-10-2-1-7-14-12(16)8-10/h3-6,10,15H,1-2,7-8H2,(H,14,16)/t10-/m0/s1. The highest BCUT2D eigenvalue weighted by Gasteiger charge is 2.23. The molecular weight excluding hydrogens is 332 g/mol. The summed E-state index contributed by atoms with van der Waals surface area (Å²) in [6, 6.07) is 6.07. The molecule has 0 saturated carbocycles. The molecule has 1 amide bonds. The van der Waals surface area contributed by atoms with E-state index >= 15 is 0 Å². The van der Waals surface area contributed by atoms with Crippen molar-refractivity contribution < 1.29 is 13.2 Å². The van der Waals surface area contributed by atoms with Gasteiger partial charge in [0.05, 0.1) is 4.90 Å². The molecule has 0 bridgehead atoms. The molecule has 1 aliphatic rings. The molecule has 7 heteroatoms. The molecule has 0 spiro atoms. The molecule has 0 radical (unpaired) electrons. The van der Waals surface area contributed by atoms with Crippen molar-refractivity contribution in [2.45, 2.75) is 30.2 Å². The van der Waals surface area contributed by atoms with E-state index in [-0.39, 0.29) is 23.3 Å². The van der Waals surface area contributed by atoms with Crippen molar-refractivity contribution in [3.63, 3.8) is 0 Å². The van der Waals surface area contributed by atoms with E-state index in [9.17, 15) is 13.2 Å². The normalized spacial score (nSPS) is 20.7. The van der Waals surface area contributed by atoms with Crippen molar-refractivity contribution in [1.29, 1.82) is 0 Å². The van der Waals surface area contributed by atoms with Crippen molar-refractivity contribution in [3.8, 4) is 0 Å². The van der Waals surface area contributed by atoms with Crippen molar-refractivity contribution in [2.24, 2.45) is 0 Å². The van der Waals surface area contributed by atoms with E-state index in [1.165, 1.54) is 12.1 Å². The van der Waals surface area contributed by atoms with Crippen LogP contribution in [-0.2, 0) is 14.8 Å². The molecule has 1 aromatic carbocycles. The number of carbonyl (C=O) groups excluding carboxylic acids is 1. The second kappa shape index (κ2) is 6.02. The average Bonchev–Trinajstić information content (AvgIpc) is 2.53. The highest BCUT2D eigenvalue weighted by Crippen LogP contribution is 2.16. The fourth-order valence-corrected chi connectivity index (χ4v) is 3.51. The summed E-state index contributed by atoms with van der Waals surface area (Å²) in [7, 11) is -3.57. The number of carbonyl (C=O) groups is 1. The van der Waals surface area contributed by atoms with Crippen LogP contribution in [0.2, 0.25) is 0 Å². The molecule has 1 heterocycles. The maximum absolute atomic E-state index is 12.2. The minimum Gasteiger partial charge on any atom is -0.356 e. The molecule has 19 heavy (non-hydrogen) atoms. The van der Waals surface area contributed by atoms with Crippen LogP contribution < -0.4 is 10.0 Å². The molecule has 0 aliphatic carbocycles. The molecule has 104 valence electrons. The van der Waals surface area contributed by atoms with Gasteiger partial charge in [0.2, 0.25) is 15.9 Å². The lowest BCUT2D eigenvalue weighted by Crippen LogP contribution is -2.36. The van der Waals surface area contributed by atoms with Crippen molar-refractivity contribution in [2.75, 3.05) is 6.54 Å². The summed E-state index contributed by atoms with van der Waals surface area (Å²) < 4.78 is 27.8. The predicted molar refractivity (Wildman–Crippen MR) is 75.1 cm³/mol. The number of halogens is 1. The SMILES string of the molecule is O=C1C[C@@H](NS(=O)(=O)c2ccc(Br)cc2)CCCN1. The van der Waals surface area contributed by atoms with Crippen LogP contribution >= 0.6 is 15.9 Å². The van der Waals surface area contributed by atoms with E-state index < -0.39 is 10.0 Å². The number of benzene rings is 1. The quantitative estimate of drug-likeness (QED) is 0.868. The number of nitrogens with one attached hydrogen (secondary N) is 2. The molecule has 2 N–H and O–H groups in total. The Morgan fingerprint density at radius 2 is 1.95 bits per heavy atom. The van der Waals surface area contributed by atoms with Crippen LogP contribution in [0.1, 0.15) is 19.3 Å². The maximum Gasteiger partial charge on any atom is 0.240 e. The summed E-state index contributed by atoms with van der Waals surface area (Å²) in [5.41, 5.74) is 0. The first-order valence-corrected chi connectivity index (χ1v) is 8.29. The predicted octanol–water partition coefficient (Wildman–Crippen LogP) is 1.40. The van der Waals surface area contributed by atoms with Crippen LogP contribution in [0, 0.1) is 0 Å². The largest absolute Gasteiger partial charge is 0.356 e. The van der Waals surface area contributed by atoms with Gasteiger partial charge in [-0.3, -0.25) is 4.79 Å². The van der Waals surface area contributed by atoms with Crippen molar-refractivity contribution >= 4 is 31.9 Å². The summed E-state index contributed by atoms with van der Waals surface area (Å²) in [6.07, 6.45) is 1.63. The van der Waals surface area contributed by atoms with E-state index in [2.05, 4.69) is 26.0 Å². The molecule has 1 aliphatic heterocycles. The van der Waals surface area contributed by atoms with Gasteiger partial charge in [-0.1, -0.05) is 15.9 Å². The fourth-order valence-electron chi connectivity index (χ4n) is 1.98. The van der Waals surface area contributed by atoms with Gasteiger partial charge in [-0.15, -0.1) is 0 Å². The molecule has 1 atom stereocenters. The van der Waals surface area contributed by atoms with E-state index in [0.29, 0.717) is 13.0 Å². The maximum atomic E-state index is 12.2. The molecule has 5 nitrogen and oxygen atoms in total. The summed E-state index contributed by atoms with van der Waals surface area (Å²) in [4.78, 5) is 11.6. The van der Waals surface area contributed by atoms with E-state index in [4.69, 9.17) is 0 Å². The van der Waals surface area contributed by atoms with E-state index in [1.54, 1.807) is 12.1 Å². The third-order valence-corrected chi connectivity index (χ3v) is 4.99. The van der Waals surface area contributed by atoms with Gasteiger partial charge < -0.3 is 5.32 Å². The van der Waals surface area contributed by atoms with Crippen molar-refractivity contribution in [1.82, 2.24) is 10.0 Å². The van der Waals surface area contributed by atoms with Crippen LogP contribution in [-0.4, -0.2) is 26.9 Å². The van der Waals surface area contributed by atoms with Crippen molar-refractivity contribution in [3.05, 3.63) is 28.7 Å². The number of amides is 1. The highest BCUT2D eigenvalue weighted by atomic mass is 79.9. The Labute approximate surface area is 121 Å². The zero-order valence-electron chi connectivity index (χ0n) is 10.2.